The molecule has 4 aromatic carbocycles. The minimum absolute atomic E-state index is 0.146. The van der Waals surface area contributed by atoms with Gasteiger partial charge in [-0.05, 0) is 46.7 Å². The first-order valence-corrected chi connectivity index (χ1v) is 9.44. The fraction of sp³-hybridized carbons (Fsp3) is 0.0385. The van der Waals surface area contributed by atoms with E-state index < -0.39 is 0 Å². The minimum atomic E-state index is -0.146. The lowest BCUT2D eigenvalue weighted by Crippen LogP contribution is -2.01. The van der Waals surface area contributed by atoms with Crippen LogP contribution in [0, 0.1) is 0 Å². The summed E-state index contributed by atoms with van der Waals surface area (Å²) in [6.45, 7) is 0. The predicted molar refractivity (Wildman–Crippen MR) is 116 cm³/mol. The molecular weight excluding hydrogens is 360 g/mol. The van der Waals surface area contributed by atoms with Crippen molar-refractivity contribution in [2.45, 2.75) is 0 Å². The number of furan rings is 1. The minimum Gasteiger partial charge on any atom is -0.497 e. The molecule has 3 heteroatoms. The summed E-state index contributed by atoms with van der Waals surface area (Å²) in [7, 11) is 1.61. The summed E-state index contributed by atoms with van der Waals surface area (Å²) in [5, 5.41) is 3.15. The van der Waals surface area contributed by atoms with E-state index in [2.05, 4.69) is 12.1 Å². The van der Waals surface area contributed by atoms with Gasteiger partial charge in [0.15, 0.2) is 5.76 Å². The molecular formula is C26H18O3. The zero-order valence-corrected chi connectivity index (χ0v) is 15.9. The Bertz CT molecular complexity index is 1330. The molecule has 0 N–H and O–H groups in total. The molecule has 0 radical (unpaired) electrons. The van der Waals surface area contributed by atoms with E-state index in [4.69, 9.17) is 9.15 Å². The number of hydrogen-bond donors (Lipinski definition) is 0. The molecule has 0 spiro atoms. The summed E-state index contributed by atoms with van der Waals surface area (Å²) in [4.78, 5) is 13.4. The van der Waals surface area contributed by atoms with Gasteiger partial charge < -0.3 is 9.15 Å². The van der Waals surface area contributed by atoms with E-state index in [1.165, 1.54) is 0 Å². The molecule has 0 unspecified atom stereocenters. The van der Waals surface area contributed by atoms with Gasteiger partial charge in [-0.15, -0.1) is 0 Å². The molecule has 0 bridgehead atoms. The summed E-state index contributed by atoms with van der Waals surface area (Å²) >= 11 is 0. The fourth-order valence-corrected chi connectivity index (χ4v) is 3.78. The Hall–Kier alpha value is -3.85. The molecule has 5 aromatic rings. The van der Waals surface area contributed by atoms with Crippen LogP contribution in [0.4, 0.5) is 0 Å². The SMILES string of the molecule is COc1ccc(C(=O)c2oc3ccc4ccccc4c3c2-c2ccccc2)cc1. The molecule has 0 aliphatic heterocycles. The van der Waals surface area contributed by atoms with Crippen LogP contribution in [0.25, 0.3) is 32.9 Å². The number of ketones is 1. The van der Waals surface area contributed by atoms with Crippen LogP contribution in [0.3, 0.4) is 0 Å². The van der Waals surface area contributed by atoms with Crippen LogP contribution in [0.15, 0.2) is 95.4 Å². The van der Waals surface area contributed by atoms with Gasteiger partial charge >= 0.3 is 0 Å². The van der Waals surface area contributed by atoms with E-state index in [9.17, 15) is 4.79 Å². The van der Waals surface area contributed by atoms with Crippen molar-refractivity contribution < 1.29 is 13.9 Å². The number of rotatable bonds is 4. The third kappa shape index (κ3) is 2.88. The maximum Gasteiger partial charge on any atom is 0.228 e. The van der Waals surface area contributed by atoms with Gasteiger partial charge in [0.1, 0.15) is 11.3 Å². The van der Waals surface area contributed by atoms with Crippen molar-refractivity contribution in [1.29, 1.82) is 0 Å². The molecule has 1 heterocycles. The van der Waals surface area contributed by atoms with E-state index in [0.29, 0.717) is 22.7 Å². The van der Waals surface area contributed by atoms with Gasteiger partial charge in [0, 0.05) is 16.5 Å². The maximum absolute atomic E-state index is 13.4. The molecule has 0 saturated carbocycles. The van der Waals surface area contributed by atoms with Crippen LogP contribution in [0.1, 0.15) is 16.1 Å². The Kier molecular flexibility index (Phi) is 4.14. The molecule has 140 valence electrons. The lowest BCUT2D eigenvalue weighted by atomic mass is 9.95. The van der Waals surface area contributed by atoms with E-state index in [1.807, 2.05) is 54.6 Å². The predicted octanol–water partition coefficient (Wildman–Crippen LogP) is 6.49. The molecule has 0 fully saturated rings. The quantitative estimate of drug-likeness (QED) is 0.335. The zero-order valence-electron chi connectivity index (χ0n) is 15.9. The first kappa shape index (κ1) is 17.3. The van der Waals surface area contributed by atoms with Crippen molar-refractivity contribution in [3.05, 3.63) is 102 Å². The molecule has 0 aliphatic carbocycles. The molecule has 0 atom stereocenters. The molecule has 0 aliphatic rings. The average molecular weight is 378 g/mol. The van der Waals surface area contributed by atoms with E-state index in [-0.39, 0.29) is 5.78 Å². The summed E-state index contributed by atoms with van der Waals surface area (Å²) in [6, 6.07) is 29.2. The number of hydrogen-bond acceptors (Lipinski definition) is 3. The summed E-state index contributed by atoms with van der Waals surface area (Å²) in [6.07, 6.45) is 0. The van der Waals surface area contributed by atoms with Gasteiger partial charge in [-0.25, -0.2) is 0 Å². The number of carbonyl (C=O) groups excluding carboxylic acids is 1. The summed E-state index contributed by atoms with van der Waals surface area (Å²) < 4.78 is 11.4. The van der Waals surface area contributed by atoms with Crippen molar-refractivity contribution in [3.8, 4) is 16.9 Å². The largest absolute Gasteiger partial charge is 0.497 e. The van der Waals surface area contributed by atoms with Crippen LogP contribution in [-0.4, -0.2) is 12.9 Å². The van der Waals surface area contributed by atoms with Crippen LogP contribution < -0.4 is 4.74 Å². The number of benzene rings is 4. The van der Waals surface area contributed by atoms with Crippen molar-refractivity contribution in [1.82, 2.24) is 0 Å². The Morgan fingerprint density at radius 3 is 2.28 bits per heavy atom. The average Bonchev–Trinajstić information content (AvgIpc) is 3.19. The van der Waals surface area contributed by atoms with Gasteiger partial charge in [0.25, 0.3) is 0 Å². The van der Waals surface area contributed by atoms with Crippen LogP contribution in [0.2, 0.25) is 0 Å². The van der Waals surface area contributed by atoms with Crippen LogP contribution >= 0.6 is 0 Å². The normalized spacial score (nSPS) is 11.1. The first-order valence-electron chi connectivity index (χ1n) is 9.44. The molecule has 3 nitrogen and oxygen atoms in total. The van der Waals surface area contributed by atoms with Crippen LogP contribution in [-0.2, 0) is 0 Å². The Morgan fingerprint density at radius 1 is 0.793 bits per heavy atom. The van der Waals surface area contributed by atoms with E-state index in [1.54, 1.807) is 31.4 Å². The third-order valence-electron chi connectivity index (χ3n) is 5.20. The monoisotopic (exact) mass is 378 g/mol. The topological polar surface area (TPSA) is 39.4 Å². The number of methoxy groups -OCH3 is 1. The second-order valence-electron chi connectivity index (χ2n) is 6.89. The summed E-state index contributed by atoms with van der Waals surface area (Å²) in [5.74, 6) is 0.917. The number of carbonyl (C=O) groups is 1. The van der Waals surface area contributed by atoms with Crippen LogP contribution in [0.5, 0.6) is 5.75 Å². The molecule has 0 amide bonds. The Balaban J connectivity index is 1.81. The smallest absolute Gasteiger partial charge is 0.228 e. The van der Waals surface area contributed by atoms with Crippen molar-refractivity contribution >= 4 is 27.5 Å². The van der Waals surface area contributed by atoms with Crippen molar-refractivity contribution in [2.24, 2.45) is 0 Å². The Morgan fingerprint density at radius 2 is 1.52 bits per heavy atom. The lowest BCUT2D eigenvalue weighted by Gasteiger charge is -2.06. The lowest BCUT2D eigenvalue weighted by molar-refractivity contribution is 0.101. The fourth-order valence-electron chi connectivity index (χ4n) is 3.78. The highest BCUT2D eigenvalue weighted by Crippen LogP contribution is 2.40. The highest BCUT2D eigenvalue weighted by Gasteiger charge is 2.24. The number of ether oxygens (including phenoxy) is 1. The van der Waals surface area contributed by atoms with E-state index in [0.717, 1.165) is 27.3 Å². The molecule has 0 saturated heterocycles. The van der Waals surface area contributed by atoms with E-state index >= 15 is 0 Å². The van der Waals surface area contributed by atoms with Gasteiger partial charge in [0.2, 0.25) is 5.78 Å². The van der Waals surface area contributed by atoms with Gasteiger partial charge in [-0.2, -0.15) is 0 Å². The Labute approximate surface area is 168 Å². The van der Waals surface area contributed by atoms with Gasteiger partial charge in [-0.1, -0.05) is 60.7 Å². The highest BCUT2D eigenvalue weighted by molar-refractivity contribution is 6.21. The second-order valence-corrected chi connectivity index (χ2v) is 6.89. The highest BCUT2D eigenvalue weighted by atomic mass is 16.5. The standard InChI is InChI=1S/C26H18O3/c1-28-20-14-11-19(12-15-20)25(27)26-23(18-8-3-2-4-9-18)24-21-10-6-5-7-17(21)13-16-22(24)29-26/h2-16H,1H3. The van der Waals surface area contributed by atoms with Gasteiger partial charge in [-0.3, -0.25) is 4.79 Å². The third-order valence-corrected chi connectivity index (χ3v) is 5.20. The second kappa shape index (κ2) is 6.95. The van der Waals surface area contributed by atoms with Gasteiger partial charge in [0.05, 0.1) is 7.11 Å². The maximum atomic E-state index is 13.4. The summed E-state index contributed by atoms with van der Waals surface area (Å²) in [5.41, 5.74) is 3.06. The molecule has 29 heavy (non-hydrogen) atoms. The number of fused-ring (bicyclic) bond motifs is 3. The molecule has 5 rings (SSSR count). The van der Waals surface area contributed by atoms with Crippen molar-refractivity contribution in [3.63, 3.8) is 0 Å². The van der Waals surface area contributed by atoms with Crippen molar-refractivity contribution in [2.75, 3.05) is 7.11 Å². The molecule has 1 aromatic heterocycles. The zero-order chi connectivity index (χ0) is 19.8. The first-order chi connectivity index (χ1) is 14.3.